The van der Waals surface area contributed by atoms with E-state index in [1.54, 1.807) is 17.5 Å². The van der Waals surface area contributed by atoms with Crippen LogP contribution in [0.2, 0.25) is 0 Å². The minimum atomic E-state index is 0.0367. The van der Waals surface area contributed by atoms with Crippen LogP contribution in [-0.2, 0) is 24.3 Å². The van der Waals surface area contributed by atoms with Crippen LogP contribution < -0.4 is 5.32 Å². The number of thiophene rings is 1. The molecule has 0 aliphatic rings. The van der Waals surface area contributed by atoms with Gasteiger partial charge in [-0.2, -0.15) is 0 Å². The van der Waals surface area contributed by atoms with Crippen LogP contribution >= 0.6 is 11.3 Å². The van der Waals surface area contributed by atoms with E-state index in [9.17, 15) is 4.79 Å². The molecule has 5 nitrogen and oxygen atoms in total. The number of nitrogens with one attached hydrogen (secondary N) is 1. The molecule has 136 valence electrons. The fraction of sp³-hybridized carbons (Fsp3) is 0.190. The van der Waals surface area contributed by atoms with Gasteiger partial charge >= 0.3 is 0 Å². The molecule has 0 saturated heterocycles. The van der Waals surface area contributed by atoms with Gasteiger partial charge in [-0.15, -0.1) is 11.3 Å². The molecule has 0 spiro atoms. The average Bonchev–Trinajstić information content (AvgIpc) is 3.34. The van der Waals surface area contributed by atoms with E-state index in [1.165, 1.54) is 5.56 Å². The van der Waals surface area contributed by atoms with Gasteiger partial charge in [0.05, 0.1) is 13.1 Å². The second kappa shape index (κ2) is 8.14. The Kier molecular flexibility index (Phi) is 5.25. The number of rotatable bonds is 7. The summed E-state index contributed by atoms with van der Waals surface area (Å²) in [7, 11) is 0. The lowest BCUT2D eigenvalue weighted by molar-refractivity contribution is -0.121. The van der Waals surface area contributed by atoms with E-state index >= 15 is 0 Å². The lowest BCUT2D eigenvalue weighted by Crippen LogP contribution is -2.23. The van der Waals surface area contributed by atoms with E-state index in [-0.39, 0.29) is 5.91 Å². The number of fused-ring (bicyclic) bond motifs is 1. The summed E-state index contributed by atoms with van der Waals surface area (Å²) in [5.74, 6) is 0.925. The number of amides is 1. The number of carbonyl (C=O) groups excluding carboxylic acids is 1. The van der Waals surface area contributed by atoms with Gasteiger partial charge < -0.3 is 9.88 Å². The number of aryl methyl sites for hydroxylation is 1. The zero-order valence-corrected chi connectivity index (χ0v) is 15.7. The topological polar surface area (TPSA) is 59.8 Å². The van der Waals surface area contributed by atoms with Crippen LogP contribution in [0.5, 0.6) is 0 Å². The Bertz CT molecular complexity index is 1020. The van der Waals surface area contributed by atoms with Gasteiger partial charge in [0.1, 0.15) is 11.3 Å². The largest absolute Gasteiger partial charge is 0.351 e. The molecule has 0 fully saturated rings. The van der Waals surface area contributed by atoms with Crippen molar-refractivity contribution in [2.45, 2.75) is 25.9 Å². The van der Waals surface area contributed by atoms with E-state index < -0.39 is 0 Å². The fourth-order valence-corrected chi connectivity index (χ4v) is 3.69. The highest BCUT2D eigenvalue weighted by Gasteiger charge is 2.13. The minimum Gasteiger partial charge on any atom is -0.351 e. The highest BCUT2D eigenvalue weighted by Crippen LogP contribution is 2.17. The van der Waals surface area contributed by atoms with Crippen molar-refractivity contribution in [1.29, 1.82) is 0 Å². The van der Waals surface area contributed by atoms with Gasteiger partial charge in [0, 0.05) is 23.9 Å². The van der Waals surface area contributed by atoms with Crippen LogP contribution in [0, 0.1) is 0 Å². The number of hydrogen-bond donors (Lipinski definition) is 1. The molecule has 6 heteroatoms. The maximum absolute atomic E-state index is 12.2. The summed E-state index contributed by atoms with van der Waals surface area (Å²) in [6.45, 7) is 1.28. The molecular formula is C21H20N4OS. The zero-order chi connectivity index (χ0) is 18.5. The van der Waals surface area contributed by atoms with Crippen LogP contribution in [-0.4, -0.2) is 20.4 Å². The summed E-state index contributed by atoms with van der Waals surface area (Å²) in [6.07, 6.45) is 2.77. The Morgan fingerprint density at radius 3 is 2.78 bits per heavy atom. The molecule has 1 N–H and O–H groups in total. The molecule has 4 rings (SSSR count). The molecule has 0 unspecified atom stereocenters. The van der Waals surface area contributed by atoms with Crippen LogP contribution in [0.25, 0.3) is 11.2 Å². The molecule has 0 aliphatic heterocycles. The van der Waals surface area contributed by atoms with E-state index in [1.807, 2.05) is 47.8 Å². The van der Waals surface area contributed by atoms with Crippen LogP contribution in [0.4, 0.5) is 0 Å². The number of carbonyl (C=O) groups is 1. The summed E-state index contributed by atoms with van der Waals surface area (Å²) < 4.78 is 2.11. The maximum Gasteiger partial charge on any atom is 0.220 e. The van der Waals surface area contributed by atoms with Crippen molar-refractivity contribution in [2.75, 3.05) is 0 Å². The zero-order valence-electron chi connectivity index (χ0n) is 14.8. The first-order valence-corrected chi connectivity index (χ1v) is 9.81. The molecular weight excluding hydrogens is 356 g/mol. The van der Waals surface area contributed by atoms with Gasteiger partial charge in [-0.25, -0.2) is 9.97 Å². The first-order chi connectivity index (χ1) is 13.3. The molecule has 4 aromatic rings. The quantitative estimate of drug-likeness (QED) is 0.534. The van der Waals surface area contributed by atoms with Crippen molar-refractivity contribution in [3.05, 3.63) is 82.4 Å². The molecule has 1 aromatic carbocycles. The first-order valence-electron chi connectivity index (χ1n) is 8.93. The van der Waals surface area contributed by atoms with Gasteiger partial charge in [-0.3, -0.25) is 4.79 Å². The van der Waals surface area contributed by atoms with Crippen molar-refractivity contribution in [3.63, 3.8) is 0 Å². The van der Waals surface area contributed by atoms with E-state index in [0.29, 0.717) is 25.9 Å². The summed E-state index contributed by atoms with van der Waals surface area (Å²) in [6, 6.07) is 18.1. The van der Waals surface area contributed by atoms with E-state index in [4.69, 9.17) is 4.98 Å². The van der Waals surface area contributed by atoms with Gasteiger partial charge in [0.2, 0.25) is 5.91 Å². The number of imidazole rings is 1. The van der Waals surface area contributed by atoms with Crippen molar-refractivity contribution >= 4 is 28.4 Å². The highest BCUT2D eigenvalue weighted by molar-refractivity contribution is 7.09. The normalized spacial score (nSPS) is 11.0. The standard InChI is InChI=1S/C21H20N4OS/c26-20(23-14-17-8-5-13-27-17)11-10-19-24-18-9-4-12-22-21(18)25(19)15-16-6-2-1-3-7-16/h1-9,12-13H,10-11,14-15H2,(H,23,26). The van der Waals surface area contributed by atoms with E-state index in [0.717, 1.165) is 21.9 Å². The predicted molar refractivity (Wildman–Crippen MR) is 108 cm³/mol. The van der Waals surface area contributed by atoms with Crippen LogP contribution in [0.3, 0.4) is 0 Å². The van der Waals surface area contributed by atoms with Crippen molar-refractivity contribution in [2.24, 2.45) is 0 Å². The first kappa shape index (κ1) is 17.4. The Balaban J connectivity index is 1.49. The van der Waals surface area contributed by atoms with Gasteiger partial charge in [0.15, 0.2) is 5.65 Å². The van der Waals surface area contributed by atoms with E-state index in [2.05, 4.69) is 27.0 Å². The molecule has 0 radical (unpaired) electrons. The van der Waals surface area contributed by atoms with Gasteiger partial charge in [0.25, 0.3) is 0 Å². The second-order valence-electron chi connectivity index (χ2n) is 6.30. The highest BCUT2D eigenvalue weighted by atomic mass is 32.1. The summed E-state index contributed by atoms with van der Waals surface area (Å²) >= 11 is 1.65. The third kappa shape index (κ3) is 4.23. The lowest BCUT2D eigenvalue weighted by atomic mass is 10.2. The van der Waals surface area contributed by atoms with Crippen LogP contribution in [0.15, 0.2) is 66.2 Å². The molecule has 0 saturated carbocycles. The monoisotopic (exact) mass is 376 g/mol. The summed E-state index contributed by atoms with van der Waals surface area (Å²) in [4.78, 5) is 22.6. The third-order valence-corrected chi connectivity index (χ3v) is 5.26. The minimum absolute atomic E-state index is 0.0367. The number of aromatic nitrogens is 3. The lowest BCUT2D eigenvalue weighted by Gasteiger charge is -2.09. The van der Waals surface area contributed by atoms with Crippen molar-refractivity contribution < 1.29 is 4.79 Å². The predicted octanol–water partition coefficient (Wildman–Crippen LogP) is 3.79. The van der Waals surface area contributed by atoms with Gasteiger partial charge in [-0.05, 0) is 29.1 Å². The molecule has 3 aromatic heterocycles. The molecule has 0 atom stereocenters. The maximum atomic E-state index is 12.2. The van der Waals surface area contributed by atoms with Crippen molar-refractivity contribution in [1.82, 2.24) is 19.9 Å². The fourth-order valence-electron chi connectivity index (χ4n) is 3.04. The van der Waals surface area contributed by atoms with Crippen molar-refractivity contribution in [3.8, 4) is 0 Å². The Morgan fingerprint density at radius 2 is 1.96 bits per heavy atom. The van der Waals surface area contributed by atoms with Gasteiger partial charge in [-0.1, -0.05) is 36.4 Å². The summed E-state index contributed by atoms with van der Waals surface area (Å²) in [5, 5.41) is 4.99. The van der Waals surface area contributed by atoms with Crippen LogP contribution in [0.1, 0.15) is 22.7 Å². The molecule has 0 aliphatic carbocycles. The third-order valence-electron chi connectivity index (χ3n) is 4.38. The number of hydrogen-bond acceptors (Lipinski definition) is 4. The number of pyridine rings is 1. The second-order valence-corrected chi connectivity index (χ2v) is 7.33. The molecule has 0 bridgehead atoms. The smallest absolute Gasteiger partial charge is 0.220 e. The molecule has 3 heterocycles. The Hall–Kier alpha value is -2.99. The number of benzene rings is 1. The molecule has 1 amide bonds. The summed E-state index contributed by atoms with van der Waals surface area (Å²) in [5.41, 5.74) is 2.91. The Labute approximate surface area is 161 Å². The Morgan fingerprint density at radius 1 is 1.07 bits per heavy atom. The number of nitrogens with zero attached hydrogens (tertiary/aromatic N) is 3. The SMILES string of the molecule is O=C(CCc1nc2cccnc2n1Cc1ccccc1)NCc1cccs1. The molecule has 27 heavy (non-hydrogen) atoms. The average molecular weight is 376 g/mol.